The molecule has 1 N–H and O–H groups in total. The third kappa shape index (κ3) is 3.86. The SMILES string of the molecule is COc1ccccc1-c1cccc2nc(-c3cccnc3)nc(NCc3ccccn3)c12. The number of fused-ring (bicyclic) bond motifs is 1. The van der Waals surface area contributed by atoms with E-state index < -0.39 is 0 Å². The summed E-state index contributed by atoms with van der Waals surface area (Å²) in [6, 6.07) is 23.8. The largest absolute Gasteiger partial charge is 0.496 e. The summed E-state index contributed by atoms with van der Waals surface area (Å²) in [6.45, 7) is 0.541. The molecule has 6 nitrogen and oxygen atoms in total. The zero-order valence-electron chi connectivity index (χ0n) is 17.6. The highest BCUT2D eigenvalue weighted by molar-refractivity contribution is 6.03. The third-order valence-corrected chi connectivity index (χ3v) is 5.20. The Morgan fingerprint density at radius 1 is 0.812 bits per heavy atom. The lowest BCUT2D eigenvalue weighted by Gasteiger charge is -2.15. The number of methoxy groups -OCH3 is 1. The number of aromatic nitrogens is 4. The van der Waals surface area contributed by atoms with Crippen molar-refractivity contribution in [3.63, 3.8) is 0 Å². The van der Waals surface area contributed by atoms with Gasteiger partial charge >= 0.3 is 0 Å². The van der Waals surface area contributed by atoms with E-state index in [1.807, 2.05) is 66.7 Å². The maximum absolute atomic E-state index is 5.63. The second-order valence-electron chi connectivity index (χ2n) is 7.21. The highest BCUT2D eigenvalue weighted by Crippen LogP contribution is 2.38. The predicted molar refractivity (Wildman–Crippen MR) is 126 cm³/mol. The summed E-state index contributed by atoms with van der Waals surface area (Å²) in [5.74, 6) is 2.15. The van der Waals surface area contributed by atoms with E-state index in [0.29, 0.717) is 12.4 Å². The van der Waals surface area contributed by atoms with E-state index in [1.165, 1.54) is 0 Å². The molecule has 6 heteroatoms. The van der Waals surface area contributed by atoms with Crippen molar-refractivity contribution in [2.75, 3.05) is 12.4 Å². The maximum Gasteiger partial charge on any atom is 0.163 e. The van der Waals surface area contributed by atoms with Gasteiger partial charge in [-0.3, -0.25) is 9.97 Å². The Morgan fingerprint density at radius 2 is 1.69 bits per heavy atom. The van der Waals surface area contributed by atoms with Crippen LogP contribution in [-0.2, 0) is 6.54 Å². The van der Waals surface area contributed by atoms with E-state index >= 15 is 0 Å². The van der Waals surface area contributed by atoms with Crippen molar-refractivity contribution in [2.45, 2.75) is 6.54 Å². The summed E-state index contributed by atoms with van der Waals surface area (Å²) >= 11 is 0. The van der Waals surface area contributed by atoms with Crippen LogP contribution in [0, 0.1) is 0 Å². The van der Waals surface area contributed by atoms with Crippen LogP contribution in [0.2, 0.25) is 0 Å². The number of pyridine rings is 2. The maximum atomic E-state index is 5.63. The summed E-state index contributed by atoms with van der Waals surface area (Å²) < 4.78 is 5.63. The van der Waals surface area contributed by atoms with Crippen LogP contribution in [0.1, 0.15) is 5.69 Å². The van der Waals surface area contributed by atoms with Crippen molar-refractivity contribution in [1.82, 2.24) is 19.9 Å². The number of nitrogens with zero attached hydrogens (tertiary/aromatic N) is 4. The van der Waals surface area contributed by atoms with Gasteiger partial charge in [-0.05, 0) is 42.0 Å². The molecular formula is C26H21N5O. The average Bonchev–Trinajstić information content (AvgIpc) is 2.88. The molecule has 0 unspecified atom stereocenters. The fraction of sp³-hybridized carbons (Fsp3) is 0.0769. The first-order valence-corrected chi connectivity index (χ1v) is 10.3. The van der Waals surface area contributed by atoms with Gasteiger partial charge in [0.15, 0.2) is 5.82 Å². The van der Waals surface area contributed by atoms with Gasteiger partial charge < -0.3 is 10.1 Å². The van der Waals surface area contributed by atoms with Crippen molar-refractivity contribution < 1.29 is 4.74 Å². The van der Waals surface area contributed by atoms with Gasteiger partial charge in [0.1, 0.15) is 11.6 Å². The van der Waals surface area contributed by atoms with Gasteiger partial charge in [-0.1, -0.05) is 36.4 Å². The molecule has 0 saturated carbocycles. The molecule has 3 heterocycles. The Balaban J connectivity index is 1.70. The molecule has 2 aromatic carbocycles. The van der Waals surface area contributed by atoms with Crippen molar-refractivity contribution in [3.8, 4) is 28.3 Å². The Labute approximate surface area is 186 Å². The fourth-order valence-corrected chi connectivity index (χ4v) is 3.70. The smallest absolute Gasteiger partial charge is 0.163 e. The molecule has 0 atom stereocenters. The summed E-state index contributed by atoms with van der Waals surface area (Å²) in [7, 11) is 1.68. The molecule has 0 aliphatic carbocycles. The minimum absolute atomic E-state index is 0.541. The molecule has 0 spiro atoms. The second-order valence-corrected chi connectivity index (χ2v) is 7.21. The van der Waals surface area contributed by atoms with Gasteiger partial charge in [0.25, 0.3) is 0 Å². The molecular weight excluding hydrogens is 398 g/mol. The molecule has 5 aromatic rings. The summed E-state index contributed by atoms with van der Waals surface area (Å²) in [6.07, 6.45) is 5.30. The zero-order valence-corrected chi connectivity index (χ0v) is 17.6. The lowest BCUT2D eigenvalue weighted by Crippen LogP contribution is -2.06. The number of rotatable bonds is 6. The Bertz CT molecular complexity index is 1360. The van der Waals surface area contributed by atoms with E-state index in [2.05, 4.69) is 21.4 Å². The highest BCUT2D eigenvalue weighted by Gasteiger charge is 2.16. The normalized spacial score (nSPS) is 10.8. The molecule has 0 fully saturated rings. The van der Waals surface area contributed by atoms with Gasteiger partial charge in [-0.15, -0.1) is 0 Å². The highest BCUT2D eigenvalue weighted by atomic mass is 16.5. The van der Waals surface area contributed by atoms with E-state index in [9.17, 15) is 0 Å². The van der Waals surface area contributed by atoms with Crippen LogP contribution in [0.4, 0.5) is 5.82 Å². The Morgan fingerprint density at radius 3 is 2.50 bits per heavy atom. The van der Waals surface area contributed by atoms with Gasteiger partial charge in [-0.25, -0.2) is 9.97 Å². The number of ether oxygens (including phenoxy) is 1. The molecule has 156 valence electrons. The number of benzene rings is 2. The monoisotopic (exact) mass is 419 g/mol. The zero-order chi connectivity index (χ0) is 21.8. The average molecular weight is 419 g/mol. The van der Waals surface area contributed by atoms with E-state index in [4.69, 9.17) is 14.7 Å². The molecule has 0 amide bonds. The second kappa shape index (κ2) is 8.81. The van der Waals surface area contributed by atoms with Crippen molar-refractivity contribution >= 4 is 16.7 Å². The first-order valence-electron chi connectivity index (χ1n) is 10.3. The minimum Gasteiger partial charge on any atom is -0.496 e. The number of para-hydroxylation sites is 1. The molecule has 3 aromatic heterocycles. The number of nitrogens with one attached hydrogen (secondary N) is 1. The van der Waals surface area contributed by atoms with Crippen LogP contribution in [0.25, 0.3) is 33.4 Å². The van der Waals surface area contributed by atoms with Crippen LogP contribution in [0.3, 0.4) is 0 Å². The Hall–Kier alpha value is -4.32. The van der Waals surface area contributed by atoms with E-state index in [0.717, 1.165) is 44.9 Å². The van der Waals surface area contributed by atoms with Crippen molar-refractivity contribution in [2.24, 2.45) is 0 Å². The van der Waals surface area contributed by atoms with Crippen molar-refractivity contribution in [1.29, 1.82) is 0 Å². The van der Waals surface area contributed by atoms with Crippen LogP contribution < -0.4 is 10.1 Å². The van der Waals surface area contributed by atoms with Crippen molar-refractivity contribution in [3.05, 3.63) is 97.1 Å². The number of anilines is 1. The van der Waals surface area contributed by atoms with Crippen LogP contribution in [-0.4, -0.2) is 27.0 Å². The predicted octanol–water partition coefficient (Wildman–Crippen LogP) is 5.37. The Kier molecular flexibility index (Phi) is 5.41. The summed E-state index contributed by atoms with van der Waals surface area (Å²) in [5.41, 5.74) is 4.61. The summed E-state index contributed by atoms with van der Waals surface area (Å²) in [4.78, 5) is 18.4. The molecule has 32 heavy (non-hydrogen) atoms. The number of hydrogen-bond donors (Lipinski definition) is 1. The van der Waals surface area contributed by atoms with E-state index in [-0.39, 0.29) is 0 Å². The van der Waals surface area contributed by atoms with E-state index in [1.54, 1.807) is 25.7 Å². The number of hydrogen-bond acceptors (Lipinski definition) is 6. The first kappa shape index (κ1) is 19.6. The van der Waals surface area contributed by atoms with Gasteiger partial charge in [-0.2, -0.15) is 0 Å². The lowest BCUT2D eigenvalue weighted by molar-refractivity contribution is 0.416. The molecule has 0 saturated heterocycles. The first-order chi connectivity index (χ1) is 15.8. The fourth-order valence-electron chi connectivity index (χ4n) is 3.70. The molecule has 5 rings (SSSR count). The minimum atomic E-state index is 0.541. The van der Waals surface area contributed by atoms with Gasteiger partial charge in [0.2, 0.25) is 0 Å². The molecule has 0 aliphatic rings. The quantitative estimate of drug-likeness (QED) is 0.399. The lowest BCUT2D eigenvalue weighted by atomic mass is 9.99. The topological polar surface area (TPSA) is 72.8 Å². The molecule has 0 bridgehead atoms. The third-order valence-electron chi connectivity index (χ3n) is 5.20. The van der Waals surface area contributed by atoms with Gasteiger partial charge in [0.05, 0.1) is 30.3 Å². The van der Waals surface area contributed by atoms with Crippen LogP contribution in [0.15, 0.2) is 91.4 Å². The standard InChI is InChI=1S/C26H21N5O/c1-32-23-13-3-2-10-20(23)21-11-6-12-22-24(21)26(29-17-19-9-4-5-15-28-19)31-25(30-22)18-8-7-14-27-16-18/h2-16H,17H2,1H3,(H,29,30,31). The van der Waals surface area contributed by atoms with Crippen LogP contribution in [0.5, 0.6) is 5.75 Å². The van der Waals surface area contributed by atoms with Crippen LogP contribution >= 0.6 is 0 Å². The molecule has 0 aliphatic heterocycles. The molecule has 0 radical (unpaired) electrons. The summed E-state index contributed by atoms with van der Waals surface area (Å²) in [5, 5.41) is 4.42. The van der Waals surface area contributed by atoms with Gasteiger partial charge in [0, 0.05) is 29.7 Å².